The number of hydrogen-bond donors (Lipinski definition) is 2. The van der Waals surface area contributed by atoms with Gasteiger partial charge in [0.2, 0.25) is 0 Å². The van der Waals surface area contributed by atoms with E-state index in [1.165, 1.54) is 0 Å². The van der Waals surface area contributed by atoms with Gasteiger partial charge in [0, 0.05) is 24.9 Å². The molecule has 5 heteroatoms. The van der Waals surface area contributed by atoms with Crippen LogP contribution in [0.1, 0.15) is 5.69 Å². The zero-order chi connectivity index (χ0) is 9.68. The molecule has 0 radical (unpaired) electrons. The molecule has 13 heavy (non-hydrogen) atoms. The zero-order valence-electron chi connectivity index (χ0n) is 7.53. The third kappa shape index (κ3) is 3.71. The molecule has 0 aliphatic rings. The Labute approximate surface area is 76.4 Å². The maximum atomic E-state index is 10.3. The number of H-pyrrole nitrogens is 1. The van der Waals surface area contributed by atoms with Crippen LogP contribution in [0.3, 0.4) is 0 Å². The van der Waals surface area contributed by atoms with E-state index >= 15 is 0 Å². The number of imidazole rings is 1. The monoisotopic (exact) mass is 183 g/mol. The molecule has 0 aliphatic heterocycles. The lowest BCUT2D eigenvalue weighted by molar-refractivity contribution is -0.137. The van der Waals surface area contributed by atoms with Crippen LogP contribution in [0.4, 0.5) is 0 Å². The molecule has 0 amide bonds. The minimum absolute atomic E-state index is 0.0775. The largest absolute Gasteiger partial charge is 0.480 e. The maximum absolute atomic E-state index is 10.3. The minimum Gasteiger partial charge on any atom is -0.480 e. The van der Waals surface area contributed by atoms with Gasteiger partial charge in [0.15, 0.2) is 0 Å². The summed E-state index contributed by atoms with van der Waals surface area (Å²) in [6.45, 7) is 0.794. The molecule has 1 aromatic heterocycles. The van der Waals surface area contributed by atoms with Crippen molar-refractivity contribution in [2.45, 2.75) is 6.42 Å². The summed E-state index contributed by atoms with van der Waals surface area (Å²) in [5.41, 5.74) is 1.03. The molecule has 0 bridgehead atoms. The summed E-state index contributed by atoms with van der Waals surface area (Å²) in [7, 11) is 1.78. The smallest absolute Gasteiger partial charge is 0.317 e. The summed E-state index contributed by atoms with van der Waals surface area (Å²) in [6.07, 6.45) is 4.16. The van der Waals surface area contributed by atoms with Gasteiger partial charge in [0.25, 0.3) is 0 Å². The number of aromatic nitrogens is 2. The van der Waals surface area contributed by atoms with E-state index in [0.717, 1.165) is 12.1 Å². The SMILES string of the molecule is CN(CCc1cnc[nH]1)CC(=O)O. The van der Waals surface area contributed by atoms with Crippen molar-refractivity contribution >= 4 is 5.97 Å². The molecule has 0 spiro atoms. The summed E-state index contributed by atoms with van der Waals surface area (Å²) >= 11 is 0. The molecule has 0 unspecified atom stereocenters. The molecule has 0 saturated heterocycles. The highest BCUT2D eigenvalue weighted by molar-refractivity contribution is 5.68. The second-order valence-corrected chi connectivity index (χ2v) is 2.96. The number of likely N-dealkylation sites (N-methyl/N-ethyl adjacent to an activating group) is 1. The first kappa shape index (κ1) is 9.73. The van der Waals surface area contributed by atoms with E-state index in [1.807, 2.05) is 0 Å². The van der Waals surface area contributed by atoms with E-state index in [0.29, 0.717) is 6.54 Å². The van der Waals surface area contributed by atoms with Gasteiger partial charge in [-0.15, -0.1) is 0 Å². The van der Waals surface area contributed by atoms with E-state index in [1.54, 1.807) is 24.5 Å². The number of carboxylic acids is 1. The minimum atomic E-state index is -0.799. The van der Waals surface area contributed by atoms with Gasteiger partial charge in [-0.2, -0.15) is 0 Å². The maximum Gasteiger partial charge on any atom is 0.317 e. The van der Waals surface area contributed by atoms with Crippen molar-refractivity contribution in [3.05, 3.63) is 18.2 Å². The number of nitrogens with zero attached hydrogens (tertiary/aromatic N) is 2. The van der Waals surface area contributed by atoms with E-state index in [2.05, 4.69) is 9.97 Å². The third-order valence-electron chi connectivity index (χ3n) is 1.72. The molecule has 1 rings (SSSR count). The van der Waals surface area contributed by atoms with Crippen LogP contribution in [-0.4, -0.2) is 46.1 Å². The zero-order valence-corrected chi connectivity index (χ0v) is 7.53. The molecule has 1 aromatic rings. The lowest BCUT2D eigenvalue weighted by Crippen LogP contribution is -2.27. The summed E-state index contributed by atoms with van der Waals surface area (Å²) in [5, 5.41) is 8.48. The number of aromatic amines is 1. The lowest BCUT2D eigenvalue weighted by atomic mass is 10.3. The van der Waals surface area contributed by atoms with Crippen LogP contribution >= 0.6 is 0 Å². The summed E-state index contributed by atoms with van der Waals surface area (Å²) in [6, 6.07) is 0. The van der Waals surface area contributed by atoms with Crippen molar-refractivity contribution in [2.24, 2.45) is 0 Å². The number of hydrogen-bond acceptors (Lipinski definition) is 3. The Balaban J connectivity index is 2.22. The van der Waals surface area contributed by atoms with Gasteiger partial charge in [-0.1, -0.05) is 0 Å². The first-order valence-corrected chi connectivity index (χ1v) is 4.06. The fourth-order valence-electron chi connectivity index (χ4n) is 1.04. The molecule has 0 aromatic carbocycles. The van der Waals surface area contributed by atoms with Crippen molar-refractivity contribution < 1.29 is 9.90 Å². The van der Waals surface area contributed by atoms with E-state index in [9.17, 15) is 4.79 Å². The first-order valence-electron chi connectivity index (χ1n) is 4.06. The molecule has 2 N–H and O–H groups in total. The number of carbonyl (C=O) groups is 1. The fourth-order valence-corrected chi connectivity index (χ4v) is 1.04. The van der Waals surface area contributed by atoms with Crippen molar-refractivity contribution in [3.63, 3.8) is 0 Å². The summed E-state index contributed by atoms with van der Waals surface area (Å²) < 4.78 is 0. The Hall–Kier alpha value is -1.36. The van der Waals surface area contributed by atoms with E-state index in [-0.39, 0.29) is 6.54 Å². The first-order chi connectivity index (χ1) is 6.18. The van der Waals surface area contributed by atoms with Crippen LogP contribution in [0.5, 0.6) is 0 Å². The molecular weight excluding hydrogens is 170 g/mol. The predicted molar refractivity (Wildman–Crippen MR) is 47.4 cm³/mol. The molecular formula is C8H13N3O2. The highest BCUT2D eigenvalue weighted by Gasteiger charge is 2.04. The molecule has 1 heterocycles. The van der Waals surface area contributed by atoms with Crippen molar-refractivity contribution in [2.75, 3.05) is 20.1 Å². The normalized spacial score (nSPS) is 10.6. The van der Waals surface area contributed by atoms with Gasteiger partial charge in [-0.05, 0) is 7.05 Å². The summed E-state index contributed by atoms with van der Waals surface area (Å²) in [4.78, 5) is 18.9. The molecule has 72 valence electrons. The molecule has 0 saturated carbocycles. The lowest BCUT2D eigenvalue weighted by Gasteiger charge is -2.12. The second kappa shape index (κ2) is 4.61. The number of carboxylic acid groups (broad SMARTS) is 1. The van der Waals surface area contributed by atoms with Crippen LogP contribution in [0.15, 0.2) is 12.5 Å². The molecule has 5 nitrogen and oxygen atoms in total. The standard InChI is InChI=1S/C8H13N3O2/c1-11(5-8(12)13)3-2-7-4-9-6-10-7/h4,6H,2-3,5H2,1H3,(H,9,10)(H,12,13). The van der Waals surface area contributed by atoms with Gasteiger partial charge in [-0.25, -0.2) is 4.98 Å². The van der Waals surface area contributed by atoms with Crippen LogP contribution < -0.4 is 0 Å². The van der Waals surface area contributed by atoms with Gasteiger partial charge in [0.1, 0.15) is 0 Å². The Morgan fingerprint density at radius 1 is 1.77 bits per heavy atom. The Morgan fingerprint density at radius 3 is 3.08 bits per heavy atom. The van der Waals surface area contributed by atoms with Crippen LogP contribution in [0, 0.1) is 0 Å². The highest BCUT2D eigenvalue weighted by atomic mass is 16.4. The fraction of sp³-hybridized carbons (Fsp3) is 0.500. The van der Waals surface area contributed by atoms with E-state index < -0.39 is 5.97 Å². The Bertz CT molecular complexity index is 258. The Morgan fingerprint density at radius 2 is 2.54 bits per heavy atom. The summed E-state index contributed by atoms with van der Waals surface area (Å²) in [5.74, 6) is -0.799. The topological polar surface area (TPSA) is 69.2 Å². The van der Waals surface area contributed by atoms with E-state index in [4.69, 9.17) is 5.11 Å². The number of aliphatic carboxylic acids is 1. The van der Waals surface area contributed by atoms with Crippen molar-refractivity contribution in [3.8, 4) is 0 Å². The van der Waals surface area contributed by atoms with Gasteiger partial charge in [0.05, 0.1) is 12.9 Å². The molecule has 0 aliphatic carbocycles. The average molecular weight is 183 g/mol. The van der Waals surface area contributed by atoms with Crippen molar-refractivity contribution in [1.82, 2.24) is 14.9 Å². The average Bonchev–Trinajstić information content (AvgIpc) is 2.51. The highest BCUT2D eigenvalue weighted by Crippen LogP contribution is 1.94. The third-order valence-corrected chi connectivity index (χ3v) is 1.72. The van der Waals surface area contributed by atoms with Gasteiger partial charge >= 0.3 is 5.97 Å². The Kier molecular flexibility index (Phi) is 3.45. The van der Waals surface area contributed by atoms with Crippen LogP contribution in [0.25, 0.3) is 0 Å². The number of nitrogens with one attached hydrogen (secondary N) is 1. The van der Waals surface area contributed by atoms with Crippen LogP contribution in [-0.2, 0) is 11.2 Å². The quantitative estimate of drug-likeness (QED) is 0.672. The van der Waals surface area contributed by atoms with Crippen LogP contribution in [0.2, 0.25) is 0 Å². The van der Waals surface area contributed by atoms with Crippen molar-refractivity contribution in [1.29, 1.82) is 0 Å². The number of rotatable bonds is 5. The molecule has 0 atom stereocenters. The van der Waals surface area contributed by atoms with Gasteiger partial charge in [-0.3, -0.25) is 9.69 Å². The predicted octanol–water partition coefficient (Wildman–Crippen LogP) is -0.0314. The second-order valence-electron chi connectivity index (χ2n) is 2.96. The van der Waals surface area contributed by atoms with Gasteiger partial charge < -0.3 is 10.1 Å². The molecule has 0 fully saturated rings.